The largest absolute Gasteiger partial charge is 0.421 e. The van der Waals surface area contributed by atoms with Crippen molar-refractivity contribution in [3.05, 3.63) is 59.7 Å². The molecule has 40 heavy (non-hydrogen) atoms. The van der Waals surface area contributed by atoms with Crippen LogP contribution in [-0.2, 0) is 22.7 Å². The summed E-state index contributed by atoms with van der Waals surface area (Å²) in [6, 6.07) is 6.44. The molecule has 0 bridgehead atoms. The third-order valence-corrected chi connectivity index (χ3v) is 7.10. The van der Waals surface area contributed by atoms with Gasteiger partial charge in [0, 0.05) is 42.9 Å². The van der Waals surface area contributed by atoms with Gasteiger partial charge in [-0.15, -0.1) is 0 Å². The van der Waals surface area contributed by atoms with Crippen molar-refractivity contribution in [1.29, 1.82) is 0 Å². The summed E-state index contributed by atoms with van der Waals surface area (Å²) in [4.78, 5) is 28.4. The zero-order chi connectivity index (χ0) is 29.5. The fourth-order valence-corrected chi connectivity index (χ4v) is 4.15. The van der Waals surface area contributed by atoms with Crippen molar-refractivity contribution in [3.8, 4) is 0 Å². The number of rotatable bonds is 12. The summed E-state index contributed by atoms with van der Waals surface area (Å²) in [5, 5.41) is 8.39. The Hall–Kier alpha value is -4.01. The van der Waals surface area contributed by atoms with E-state index in [4.69, 9.17) is 0 Å². The number of halogens is 3. The fourth-order valence-electron chi connectivity index (χ4n) is 3.69. The smallest absolute Gasteiger partial charge is 0.364 e. The first-order valence-corrected chi connectivity index (χ1v) is 14.3. The molecule has 3 aromatic rings. The molecular weight excluding hydrogens is 549 g/mol. The van der Waals surface area contributed by atoms with E-state index in [0.29, 0.717) is 17.4 Å². The van der Waals surface area contributed by atoms with Crippen LogP contribution in [-0.4, -0.2) is 53.6 Å². The van der Waals surface area contributed by atoms with Crippen molar-refractivity contribution >= 4 is 39.2 Å². The van der Waals surface area contributed by atoms with Crippen LogP contribution in [0.25, 0.3) is 0 Å². The molecule has 0 aliphatic carbocycles. The quantitative estimate of drug-likeness (QED) is 0.285. The molecule has 0 saturated carbocycles. The average molecular weight is 581 g/mol. The topological polar surface area (TPSA) is 142 Å². The van der Waals surface area contributed by atoms with E-state index in [2.05, 4.69) is 35.9 Å². The third kappa shape index (κ3) is 8.00. The Balaban J connectivity index is 1.80. The molecule has 2 heterocycles. The number of carbonyl (C=O) groups is 1. The number of alkyl halides is 3. The standard InChI is InChI=1S/C25H31F3N8O3S/c1-5-7-17(6-2)33-23(37)16-8-10-18(11-9-16)34-24-32-14-19(25(26,27)28)21(35-24)31-15-20-22(30-13-12-29-20)36(3)40(4,38)39/h8-14,17H,5-7,15H2,1-4H3,(H,33,37)(H2,31,32,34,35). The Morgan fingerprint density at radius 2 is 1.75 bits per heavy atom. The van der Waals surface area contributed by atoms with Crippen molar-refractivity contribution in [3.63, 3.8) is 0 Å². The SMILES string of the molecule is CCCC(CC)NC(=O)c1ccc(Nc2ncc(C(F)(F)F)c(NCc3nccnc3N(C)S(C)(=O)=O)n2)cc1. The van der Waals surface area contributed by atoms with E-state index in [-0.39, 0.29) is 36.0 Å². The second kappa shape index (κ2) is 12.9. The minimum Gasteiger partial charge on any atom is -0.364 e. The highest BCUT2D eigenvalue weighted by Gasteiger charge is 2.35. The average Bonchev–Trinajstić information content (AvgIpc) is 2.90. The van der Waals surface area contributed by atoms with Crippen LogP contribution in [0.5, 0.6) is 0 Å². The number of hydrogen-bond donors (Lipinski definition) is 3. The van der Waals surface area contributed by atoms with Gasteiger partial charge in [0.05, 0.1) is 12.8 Å². The Bertz CT molecular complexity index is 1420. The molecular formula is C25H31F3N8O3S. The number of anilines is 4. The van der Waals surface area contributed by atoms with E-state index in [1.807, 2.05) is 13.8 Å². The van der Waals surface area contributed by atoms with E-state index < -0.39 is 27.6 Å². The maximum atomic E-state index is 13.7. The Morgan fingerprint density at radius 1 is 1.07 bits per heavy atom. The van der Waals surface area contributed by atoms with Gasteiger partial charge < -0.3 is 16.0 Å². The monoisotopic (exact) mass is 580 g/mol. The predicted octanol–water partition coefficient (Wildman–Crippen LogP) is 4.35. The van der Waals surface area contributed by atoms with E-state index in [9.17, 15) is 26.4 Å². The molecule has 11 nitrogen and oxygen atoms in total. The number of amides is 1. The van der Waals surface area contributed by atoms with Crippen LogP contribution in [0, 0.1) is 0 Å². The fraction of sp³-hybridized carbons (Fsp3) is 0.400. The van der Waals surface area contributed by atoms with Crippen LogP contribution in [0.3, 0.4) is 0 Å². The lowest BCUT2D eigenvalue weighted by Crippen LogP contribution is -2.34. The first-order valence-electron chi connectivity index (χ1n) is 12.4. The highest BCUT2D eigenvalue weighted by Crippen LogP contribution is 2.34. The second-order valence-corrected chi connectivity index (χ2v) is 10.9. The van der Waals surface area contributed by atoms with Gasteiger partial charge in [0.1, 0.15) is 17.1 Å². The number of nitrogens with zero attached hydrogens (tertiary/aromatic N) is 5. The van der Waals surface area contributed by atoms with Gasteiger partial charge in [-0.3, -0.25) is 14.1 Å². The molecule has 1 aromatic carbocycles. The maximum Gasteiger partial charge on any atom is 0.421 e. The van der Waals surface area contributed by atoms with E-state index in [1.54, 1.807) is 24.3 Å². The zero-order valence-electron chi connectivity index (χ0n) is 22.5. The van der Waals surface area contributed by atoms with Gasteiger partial charge in [-0.1, -0.05) is 20.3 Å². The summed E-state index contributed by atoms with van der Waals surface area (Å²) in [5.74, 6) is -0.924. The molecule has 0 saturated heterocycles. The normalized spacial score (nSPS) is 12.5. The summed E-state index contributed by atoms with van der Waals surface area (Å²) >= 11 is 0. The van der Waals surface area contributed by atoms with Crippen LogP contribution < -0.4 is 20.3 Å². The van der Waals surface area contributed by atoms with E-state index >= 15 is 0 Å². The maximum absolute atomic E-state index is 13.7. The summed E-state index contributed by atoms with van der Waals surface area (Å²) in [6.45, 7) is 3.74. The van der Waals surface area contributed by atoms with Crippen molar-refractivity contribution in [2.75, 3.05) is 28.2 Å². The molecule has 3 rings (SSSR count). The molecule has 15 heteroatoms. The molecule has 0 radical (unpaired) electrons. The Kier molecular flexibility index (Phi) is 9.84. The number of carbonyl (C=O) groups excluding carboxylic acids is 1. The molecule has 0 fully saturated rings. The first kappa shape index (κ1) is 30.5. The van der Waals surface area contributed by atoms with Gasteiger partial charge in [-0.05, 0) is 37.1 Å². The van der Waals surface area contributed by atoms with Crippen LogP contribution in [0.4, 0.5) is 36.4 Å². The lowest BCUT2D eigenvalue weighted by atomic mass is 10.1. The van der Waals surface area contributed by atoms with Gasteiger partial charge in [0.15, 0.2) is 5.82 Å². The Labute approximate surface area is 230 Å². The van der Waals surface area contributed by atoms with Gasteiger partial charge in [-0.25, -0.2) is 18.4 Å². The summed E-state index contributed by atoms with van der Waals surface area (Å²) < 4.78 is 65.8. The van der Waals surface area contributed by atoms with Crippen LogP contribution >= 0.6 is 0 Å². The molecule has 0 spiro atoms. The highest BCUT2D eigenvalue weighted by atomic mass is 32.2. The minimum atomic E-state index is -4.77. The van der Waals surface area contributed by atoms with Gasteiger partial charge in [0.25, 0.3) is 5.91 Å². The third-order valence-electron chi connectivity index (χ3n) is 5.93. The summed E-state index contributed by atoms with van der Waals surface area (Å²) in [5.41, 5.74) is -0.136. The number of aromatic nitrogens is 4. The van der Waals surface area contributed by atoms with Crippen LogP contribution in [0.15, 0.2) is 42.9 Å². The lowest BCUT2D eigenvalue weighted by Gasteiger charge is -2.19. The zero-order valence-corrected chi connectivity index (χ0v) is 23.3. The number of benzene rings is 1. The summed E-state index contributed by atoms with van der Waals surface area (Å²) in [7, 11) is -2.43. The first-order chi connectivity index (χ1) is 18.8. The molecule has 216 valence electrons. The molecule has 1 unspecified atom stereocenters. The molecule has 1 amide bonds. The lowest BCUT2D eigenvalue weighted by molar-refractivity contribution is -0.137. The van der Waals surface area contributed by atoms with Crippen LogP contribution in [0.1, 0.15) is 54.7 Å². The molecule has 0 aliphatic heterocycles. The van der Waals surface area contributed by atoms with E-state index in [1.165, 1.54) is 19.4 Å². The molecule has 3 N–H and O–H groups in total. The minimum absolute atomic E-state index is 0.0393. The van der Waals surface area contributed by atoms with Crippen molar-refractivity contribution in [1.82, 2.24) is 25.3 Å². The number of hydrogen-bond acceptors (Lipinski definition) is 9. The van der Waals surface area contributed by atoms with Gasteiger partial charge in [-0.2, -0.15) is 18.2 Å². The van der Waals surface area contributed by atoms with Gasteiger partial charge in [0.2, 0.25) is 16.0 Å². The van der Waals surface area contributed by atoms with Crippen molar-refractivity contribution in [2.45, 2.75) is 51.9 Å². The Morgan fingerprint density at radius 3 is 2.35 bits per heavy atom. The molecule has 0 aliphatic rings. The van der Waals surface area contributed by atoms with Crippen LogP contribution in [0.2, 0.25) is 0 Å². The summed E-state index contributed by atoms with van der Waals surface area (Å²) in [6.07, 6.45) is 2.04. The predicted molar refractivity (Wildman–Crippen MR) is 146 cm³/mol. The second-order valence-electron chi connectivity index (χ2n) is 8.93. The highest BCUT2D eigenvalue weighted by molar-refractivity contribution is 7.92. The number of sulfonamides is 1. The number of nitrogens with one attached hydrogen (secondary N) is 3. The van der Waals surface area contributed by atoms with Crippen molar-refractivity contribution < 1.29 is 26.4 Å². The molecule has 2 aromatic heterocycles. The van der Waals surface area contributed by atoms with Crippen molar-refractivity contribution in [2.24, 2.45) is 0 Å². The molecule has 1 atom stereocenters. The van der Waals surface area contributed by atoms with Gasteiger partial charge >= 0.3 is 6.18 Å². The van der Waals surface area contributed by atoms with E-state index in [0.717, 1.165) is 29.8 Å².